The van der Waals surface area contributed by atoms with E-state index in [2.05, 4.69) is 16.9 Å². The average Bonchev–Trinajstić information content (AvgIpc) is 2.84. The van der Waals surface area contributed by atoms with Gasteiger partial charge >= 0.3 is 5.97 Å². The van der Waals surface area contributed by atoms with Crippen molar-refractivity contribution >= 4 is 5.97 Å². The summed E-state index contributed by atoms with van der Waals surface area (Å²) in [6.07, 6.45) is 0.978. The van der Waals surface area contributed by atoms with Gasteiger partial charge in [-0.3, -0.25) is 0 Å². The fourth-order valence-electron chi connectivity index (χ4n) is 2.11. The first-order valence-corrected chi connectivity index (χ1v) is 6.76. The highest BCUT2D eigenvalue weighted by Gasteiger charge is 2.26. The normalized spacial score (nSPS) is 11.6. The lowest BCUT2D eigenvalue weighted by Crippen LogP contribution is -2.16. The predicted octanol–water partition coefficient (Wildman–Crippen LogP) is 3.63. The van der Waals surface area contributed by atoms with Crippen LogP contribution in [0.4, 0.5) is 0 Å². The average molecular weight is 272 g/mol. The van der Waals surface area contributed by atoms with Crippen LogP contribution in [0.25, 0.3) is 11.4 Å². The Hall–Kier alpha value is -2.10. The highest BCUT2D eigenvalue weighted by atomic mass is 16.4. The van der Waals surface area contributed by atoms with Crippen molar-refractivity contribution in [3.8, 4) is 11.4 Å². The number of benzene rings is 1. The molecule has 2 rings (SSSR count). The monoisotopic (exact) mass is 272 g/mol. The molecule has 0 saturated heterocycles. The Morgan fingerprint density at radius 2 is 1.85 bits per heavy atom. The van der Waals surface area contributed by atoms with Gasteiger partial charge in [-0.2, -0.15) is 0 Å². The number of aryl methyl sites for hydroxylation is 1. The fourth-order valence-corrected chi connectivity index (χ4v) is 2.11. The fraction of sp³-hybridized carbons (Fsp3) is 0.375. The maximum absolute atomic E-state index is 11.3. The molecule has 4 nitrogen and oxygen atoms in total. The lowest BCUT2D eigenvalue weighted by molar-refractivity contribution is 0.0688. The molecule has 0 saturated carbocycles. The minimum atomic E-state index is -0.998. The number of H-pyrrole nitrogens is 1. The van der Waals surface area contributed by atoms with E-state index in [1.807, 2.05) is 45.0 Å². The highest BCUT2D eigenvalue weighted by molar-refractivity contribution is 5.88. The van der Waals surface area contributed by atoms with E-state index >= 15 is 0 Å². The number of rotatable bonds is 3. The van der Waals surface area contributed by atoms with Crippen LogP contribution in [0.5, 0.6) is 0 Å². The van der Waals surface area contributed by atoms with Gasteiger partial charge in [-0.05, 0) is 12.0 Å². The van der Waals surface area contributed by atoms with Crippen molar-refractivity contribution < 1.29 is 9.90 Å². The second-order valence-corrected chi connectivity index (χ2v) is 5.91. The van der Waals surface area contributed by atoms with Gasteiger partial charge in [0.05, 0.1) is 5.69 Å². The summed E-state index contributed by atoms with van der Waals surface area (Å²) in [6, 6.07) is 8.01. The third-order valence-electron chi connectivity index (χ3n) is 3.29. The molecule has 1 aromatic heterocycles. The zero-order valence-corrected chi connectivity index (χ0v) is 12.3. The summed E-state index contributed by atoms with van der Waals surface area (Å²) in [5.74, 6) is -0.391. The van der Waals surface area contributed by atoms with Gasteiger partial charge < -0.3 is 10.1 Å². The standard InChI is InChI=1S/C16H20N2O2/c1-5-10-6-8-11(9-7-10)14-17-12(15(19)20)13(18-14)16(2,3)4/h6-9H,5H2,1-4H3,(H,17,18)(H,19,20). The van der Waals surface area contributed by atoms with E-state index in [0.29, 0.717) is 11.5 Å². The summed E-state index contributed by atoms with van der Waals surface area (Å²) in [5, 5.41) is 9.29. The molecule has 106 valence electrons. The molecule has 20 heavy (non-hydrogen) atoms. The van der Waals surface area contributed by atoms with E-state index in [1.54, 1.807) is 0 Å². The maximum Gasteiger partial charge on any atom is 0.356 e. The number of hydrogen-bond acceptors (Lipinski definition) is 2. The Morgan fingerprint density at radius 3 is 2.25 bits per heavy atom. The van der Waals surface area contributed by atoms with Gasteiger partial charge in [0.2, 0.25) is 0 Å². The van der Waals surface area contributed by atoms with E-state index in [1.165, 1.54) is 5.56 Å². The number of carboxylic acids is 1. The molecule has 0 aliphatic heterocycles. The smallest absolute Gasteiger partial charge is 0.356 e. The lowest BCUT2D eigenvalue weighted by atomic mass is 9.91. The van der Waals surface area contributed by atoms with E-state index in [0.717, 1.165) is 12.0 Å². The van der Waals surface area contributed by atoms with Crippen LogP contribution in [-0.4, -0.2) is 21.0 Å². The number of nitrogens with one attached hydrogen (secondary N) is 1. The van der Waals surface area contributed by atoms with Gasteiger partial charge in [0.25, 0.3) is 0 Å². The topological polar surface area (TPSA) is 66.0 Å². The highest BCUT2D eigenvalue weighted by Crippen LogP contribution is 2.27. The predicted molar refractivity (Wildman–Crippen MR) is 79.1 cm³/mol. The molecule has 2 aromatic rings. The number of imidazole rings is 1. The number of nitrogens with zero attached hydrogens (tertiary/aromatic N) is 1. The second kappa shape index (κ2) is 5.12. The third-order valence-corrected chi connectivity index (χ3v) is 3.29. The molecule has 0 fully saturated rings. The van der Waals surface area contributed by atoms with Crippen LogP contribution in [0.2, 0.25) is 0 Å². The van der Waals surface area contributed by atoms with Gasteiger partial charge in [-0.15, -0.1) is 0 Å². The molecule has 0 aliphatic rings. The summed E-state index contributed by atoms with van der Waals surface area (Å²) in [6.45, 7) is 8.01. The first kappa shape index (κ1) is 14.3. The number of aromatic amines is 1. The minimum Gasteiger partial charge on any atom is -0.476 e. The SMILES string of the molecule is CCc1ccc(-c2nc(C(=O)O)c(C(C)(C)C)[nH]2)cc1. The quantitative estimate of drug-likeness (QED) is 0.896. The van der Waals surface area contributed by atoms with Gasteiger partial charge in [0, 0.05) is 11.0 Å². The van der Waals surface area contributed by atoms with Crippen molar-refractivity contribution in [2.24, 2.45) is 0 Å². The molecule has 0 atom stereocenters. The first-order chi connectivity index (χ1) is 9.32. The van der Waals surface area contributed by atoms with Crippen LogP contribution in [0, 0.1) is 0 Å². The Bertz CT molecular complexity index is 619. The number of carbonyl (C=O) groups is 1. The molecule has 0 bridgehead atoms. The van der Waals surface area contributed by atoms with Crippen LogP contribution in [-0.2, 0) is 11.8 Å². The van der Waals surface area contributed by atoms with E-state index in [-0.39, 0.29) is 11.1 Å². The van der Waals surface area contributed by atoms with Gasteiger partial charge in [-0.1, -0.05) is 52.0 Å². The second-order valence-electron chi connectivity index (χ2n) is 5.91. The van der Waals surface area contributed by atoms with Gasteiger partial charge in [-0.25, -0.2) is 9.78 Å². The summed E-state index contributed by atoms with van der Waals surface area (Å²) >= 11 is 0. The number of carboxylic acid groups (broad SMARTS) is 1. The maximum atomic E-state index is 11.3. The molecule has 4 heteroatoms. The first-order valence-electron chi connectivity index (χ1n) is 6.76. The zero-order chi connectivity index (χ0) is 14.9. The van der Waals surface area contributed by atoms with Crippen LogP contribution in [0.3, 0.4) is 0 Å². The number of aromatic nitrogens is 2. The zero-order valence-electron chi connectivity index (χ0n) is 12.3. The van der Waals surface area contributed by atoms with Crippen molar-refractivity contribution in [2.45, 2.75) is 39.5 Å². The summed E-state index contributed by atoms with van der Waals surface area (Å²) < 4.78 is 0. The third kappa shape index (κ3) is 2.74. The Morgan fingerprint density at radius 1 is 1.25 bits per heavy atom. The summed E-state index contributed by atoms with van der Waals surface area (Å²) in [5.41, 5.74) is 2.61. The van der Waals surface area contributed by atoms with Gasteiger partial charge in [0.15, 0.2) is 5.69 Å². The molecule has 0 spiro atoms. The van der Waals surface area contributed by atoms with E-state index in [4.69, 9.17) is 0 Å². The molecule has 0 aliphatic carbocycles. The Kier molecular flexibility index (Phi) is 3.66. The van der Waals surface area contributed by atoms with E-state index < -0.39 is 5.97 Å². The molecule has 0 radical (unpaired) electrons. The number of aromatic carboxylic acids is 1. The van der Waals surface area contributed by atoms with Crippen LogP contribution in [0.1, 0.15) is 49.4 Å². The van der Waals surface area contributed by atoms with Crippen molar-refractivity contribution in [1.29, 1.82) is 0 Å². The Labute approximate surface area is 118 Å². The lowest BCUT2D eigenvalue weighted by Gasteiger charge is -2.16. The van der Waals surface area contributed by atoms with Gasteiger partial charge in [0.1, 0.15) is 5.82 Å². The van der Waals surface area contributed by atoms with Crippen LogP contribution in [0.15, 0.2) is 24.3 Å². The molecule has 2 N–H and O–H groups in total. The summed E-state index contributed by atoms with van der Waals surface area (Å²) in [4.78, 5) is 18.7. The van der Waals surface area contributed by atoms with Crippen molar-refractivity contribution in [3.63, 3.8) is 0 Å². The largest absolute Gasteiger partial charge is 0.476 e. The van der Waals surface area contributed by atoms with Crippen LogP contribution >= 0.6 is 0 Å². The molecular formula is C16H20N2O2. The number of hydrogen-bond donors (Lipinski definition) is 2. The minimum absolute atomic E-state index is 0.104. The van der Waals surface area contributed by atoms with E-state index in [9.17, 15) is 9.90 Å². The van der Waals surface area contributed by atoms with Crippen molar-refractivity contribution in [2.75, 3.05) is 0 Å². The molecule has 0 amide bonds. The molecule has 0 unspecified atom stereocenters. The van der Waals surface area contributed by atoms with Crippen LogP contribution < -0.4 is 0 Å². The molecule has 1 heterocycles. The molecular weight excluding hydrogens is 252 g/mol. The molecule has 1 aromatic carbocycles. The summed E-state index contributed by atoms with van der Waals surface area (Å²) in [7, 11) is 0. The van der Waals surface area contributed by atoms with Crippen molar-refractivity contribution in [1.82, 2.24) is 9.97 Å². The Balaban J connectivity index is 2.50. The van der Waals surface area contributed by atoms with Crippen molar-refractivity contribution in [3.05, 3.63) is 41.2 Å².